The molecule has 0 bridgehead atoms. The van der Waals surface area contributed by atoms with Crippen molar-refractivity contribution in [3.63, 3.8) is 0 Å². The fourth-order valence-corrected chi connectivity index (χ4v) is 25.8. The fraction of sp³-hybridized carbons (Fsp3) is 0.650. The van der Waals surface area contributed by atoms with Gasteiger partial charge in [-0.05, 0) is 119 Å². The molecule has 6 aliphatic heterocycles. The van der Waals surface area contributed by atoms with Crippen LogP contribution in [0.1, 0.15) is 152 Å². The fourth-order valence-electron chi connectivity index (χ4n) is 11.1. The Morgan fingerprint density at radius 2 is 0.880 bits per heavy atom. The highest BCUT2D eigenvalue weighted by molar-refractivity contribution is 7.11. The van der Waals surface area contributed by atoms with Gasteiger partial charge in [0.2, 0.25) is 14.8 Å². The van der Waals surface area contributed by atoms with Crippen molar-refractivity contribution < 1.29 is 18.9 Å². The second-order valence-electron chi connectivity index (χ2n) is 39.1. The third-order valence-corrected chi connectivity index (χ3v) is 59.2. The monoisotopic (exact) mass is 1630 g/mol. The van der Waals surface area contributed by atoms with Crippen LogP contribution in [0, 0.1) is 0 Å². The first-order chi connectivity index (χ1) is 49.0. The number of methoxy groups -OCH3 is 4. The van der Waals surface area contributed by atoms with Gasteiger partial charge in [-0.2, -0.15) is 22.9 Å². The summed E-state index contributed by atoms with van der Waals surface area (Å²) in [4.78, 5) is 0. The molecule has 0 saturated heterocycles. The minimum Gasteiger partial charge on any atom is -0.500 e. The van der Waals surface area contributed by atoms with E-state index in [1.54, 1.807) is 34.0 Å². The summed E-state index contributed by atoms with van der Waals surface area (Å²) in [6.07, 6.45) is 29.0. The van der Waals surface area contributed by atoms with Crippen molar-refractivity contribution in [3.8, 4) is 0 Å². The molecule has 6 heterocycles. The lowest BCUT2D eigenvalue weighted by Gasteiger charge is -2.47. The van der Waals surface area contributed by atoms with Crippen molar-refractivity contribution in [1.29, 1.82) is 0 Å². The molecular formula is C80H162B8Cl2N8O4Si6. The molecular weight excluding hydrogens is 1460 g/mol. The number of nitrogens with one attached hydrogen (secondary N) is 2. The number of ether oxygens (including phenoxy) is 4. The number of nitrogens with zero attached hydrogens (tertiary/aromatic N) is 6. The predicted molar refractivity (Wildman–Crippen MR) is 520 cm³/mol. The largest absolute Gasteiger partial charge is 0.500 e. The summed E-state index contributed by atoms with van der Waals surface area (Å²) in [6, 6.07) is 0. The first kappa shape index (κ1) is 107. The second kappa shape index (κ2) is 47.1. The highest BCUT2D eigenvalue weighted by atomic mass is 35.5. The Morgan fingerprint density at radius 1 is 0.500 bits per heavy atom. The van der Waals surface area contributed by atoms with Gasteiger partial charge in [0.15, 0.2) is 0 Å². The van der Waals surface area contributed by atoms with E-state index in [-0.39, 0.29) is 22.6 Å². The quantitative estimate of drug-likeness (QED) is 0.0692. The van der Waals surface area contributed by atoms with E-state index in [4.69, 9.17) is 41.9 Å². The van der Waals surface area contributed by atoms with Crippen LogP contribution in [0.15, 0.2) is 169 Å². The van der Waals surface area contributed by atoms with Crippen LogP contribution >= 0.6 is 22.9 Å². The number of allylic oxidation sites excluding steroid dienone is 10. The SMILES string of the molecule is C=CCB(Cl)N(CC(=C)C)[Si](C)(C)C(C)(C)C.C=CCB(Cl)N(CC(=C)OC)[Si](C)(C)C(C)(C)C.CC1=CCBN([Si](C)(C)C(C)(C)C)C1.CC1=CN([Si](C)(C)C(C)(C)C)BC=C1.CC1=CNBC=C1.COC1=CCBN([Si](C)(C)C(C)(C)C)C1.COC1=CN([Si](C)(C)C(C)(C)C)BC=C1.COC1=CNBC=C1. The van der Waals surface area contributed by atoms with Crippen molar-refractivity contribution in [1.82, 2.24) is 37.3 Å². The smallest absolute Gasteiger partial charge is 0.328 e. The van der Waals surface area contributed by atoms with E-state index in [1.807, 2.05) is 42.7 Å². The molecule has 0 fully saturated rings. The molecule has 6 rings (SSSR count). The second-order valence-corrected chi connectivity index (χ2v) is 71.3. The van der Waals surface area contributed by atoms with Crippen molar-refractivity contribution in [2.24, 2.45) is 0 Å². The van der Waals surface area contributed by atoms with Crippen molar-refractivity contribution in [2.45, 2.75) is 286 Å². The van der Waals surface area contributed by atoms with Crippen LogP contribution in [0.2, 0.25) is 134 Å². The Hall–Kier alpha value is -3.00. The van der Waals surface area contributed by atoms with Crippen LogP contribution in [0.3, 0.4) is 0 Å². The van der Waals surface area contributed by atoms with E-state index in [2.05, 4.69) is 349 Å². The van der Waals surface area contributed by atoms with Gasteiger partial charge in [-0.1, -0.05) is 288 Å². The predicted octanol–water partition coefficient (Wildman–Crippen LogP) is 20.8. The summed E-state index contributed by atoms with van der Waals surface area (Å²) in [6.45, 7) is 99.1. The lowest BCUT2D eigenvalue weighted by Crippen LogP contribution is -2.59. The minimum absolute atomic E-state index is 0.0325. The maximum Gasteiger partial charge on any atom is 0.328 e. The standard InChI is InChI=1S/C13H27BClNOSi.C13H27BClNSi.C11H24BNOSi.C11H22BNOSi.C11H24BNSi.C11H22BNSi.C5H8BNO.C5H8BN/c1-9-10-14(15)16(11-12(2)17-6)18(7,8)13(3,4)5;1-9-10-14(15)16(11-12(2)3)17(7,8)13(4,5)6;2*1-11(2,3)15(5,6)13-9-10(14-4)7-8-12-13;2*1-10-7-8-12-13(9-10)14(5,6)11(2,3)4;1-8-5-2-3-6-7-4-5;1-5-2-3-6-7-4-5/h9H,1-2,10-11H2,3-8H3;9H,1-2,10-11H2,3-8H3;7,12H,8-9H2,1-6H3;7-9,12H,1-6H3;7,12H,8-9H2,1-6H3;7-9,12H,1-6H3;2-4,6-7H,1H3;2-4,6-7H,1H3. The molecule has 0 saturated carbocycles. The summed E-state index contributed by atoms with van der Waals surface area (Å²) in [5.74, 6) is 12.3. The lowest BCUT2D eigenvalue weighted by atomic mass is 9.84. The topological polar surface area (TPSA) is 80.4 Å². The molecule has 6 aliphatic rings. The van der Waals surface area contributed by atoms with Crippen LogP contribution in [0.4, 0.5) is 0 Å². The third-order valence-electron chi connectivity index (χ3n) is 24.7. The average molecular weight is 1630 g/mol. The molecule has 0 radical (unpaired) electrons. The van der Waals surface area contributed by atoms with Crippen LogP contribution in [-0.2, 0) is 18.9 Å². The Balaban J connectivity index is 0. The summed E-state index contributed by atoms with van der Waals surface area (Å²) in [7, 11) is 4.60. The maximum atomic E-state index is 6.53. The highest BCUT2D eigenvalue weighted by Crippen LogP contribution is 2.44. The lowest BCUT2D eigenvalue weighted by molar-refractivity contribution is 0.268. The molecule has 28 heteroatoms. The Morgan fingerprint density at radius 3 is 1.19 bits per heavy atom. The molecule has 12 nitrogen and oxygen atoms in total. The van der Waals surface area contributed by atoms with Gasteiger partial charge in [0, 0.05) is 38.6 Å². The average Bonchev–Trinajstić information content (AvgIpc) is 0.836. The van der Waals surface area contributed by atoms with E-state index in [0.717, 1.165) is 84.7 Å². The molecule has 0 aromatic rings. The summed E-state index contributed by atoms with van der Waals surface area (Å²) < 4.78 is 36.1. The first-order valence-electron chi connectivity index (χ1n) is 39.8. The summed E-state index contributed by atoms with van der Waals surface area (Å²) in [5, 5.41) is 8.31. The molecule has 2 N–H and O–H groups in total. The van der Waals surface area contributed by atoms with Crippen molar-refractivity contribution >= 4 is 129 Å². The van der Waals surface area contributed by atoms with E-state index in [9.17, 15) is 0 Å². The zero-order valence-corrected chi connectivity index (χ0v) is 84.7. The summed E-state index contributed by atoms with van der Waals surface area (Å²) >= 11 is 13.1. The maximum absolute atomic E-state index is 6.53. The van der Waals surface area contributed by atoms with Crippen LogP contribution in [0.5, 0.6) is 0 Å². The minimum atomic E-state index is -1.70. The van der Waals surface area contributed by atoms with Crippen LogP contribution in [0.25, 0.3) is 0 Å². The molecule has 0 aromatic heterocycles. The molecule has 0 aromatic carbocycles. The van der Waals surface area contributed by atoms with E-state index in [0.29, 0.717) is 26.7 Å². The van der Waals surface area contributed by atoms with E-state index in [1.165, 1.54) is 44.4 Å². The first-order valence-corrected chi connectivity index (χ1v) is 58.4. The van der Waals surface area contributed by atoms with Gasteiger partial charge in [-0.25, -0.2) is 0 Å². The number of rotatable bonds is 20. The van der Waals surface area contributed by atoms with Gasteiger partial charge in [-0.3, -0.25) is 0 Å². The zero-order valence-electron chi connectivity index (χ0n) is 77.2. The Labute approximate surface area is 690 Å². The van der Waals surface area contributed by atoms with Gasteiger partial charge >= 0.3 is 12.5 Å². The molecule has 608 valence electrons. The van der Waals surface area contributed by atoms with E-state index < -0.39 is 49.4 Å². The summed E-state index contributed by atoms with van der Waals surface area (Å²) in [5.41, 5.74) is 5.40. The van der Waals surface area contributed by atoms with Gasteiger partial charge in [-0.15, -0.1) is 13.2 Å². The normalized spacial score (nSPS) is 16.4. The van der Waals surface area contributed by atoms with E-state index >= 15 is 0 Å². The molecule has 108 heavy (non-hydrogen) atoms. The zero-order chi connectivity index (χ0) is 84.7. The number of hydrogen-bond acceptors (Lipinski definition) is 12. The van der Waals surface area contributed by atoms with Gasteiger partial charge in [0.25, 0.3) is 29.7 Å². The Kier molecular flexibility index (Phi) is 46.7. The molecule has 0 amide bonds. The van der Waals surface area contributed by atoms with Crippen LogP contribution < -0.4 is 10.5 Å². The van der Waals surface area contributed by atoms with Crippen LogP contribution in [-0.4, -0.2) is 188 Å². The number of halogens is 2. The number of hydrogen-bond donors (Lipinski definition) is 2. The van der Waals surface area contributed by atoms with Crippen molar-refractivity contribution in [3.05, 3.63) is 169 Å². The molecule has 0 aliphatic carbocycles. The third kappa shape index (κ3) is 35.8. The van der Waals surface area contributed by atoms with Gasteiger partial charge in [0.05, 0.1) is 28.4 Å². The molecule has 0 spiro atoms. The molecule has 0 unspecified atom stereocenters. The van der Waals surface area contributed by atoms with Gasteiger partial charge < -0.3 is 56.3 Å². The Bertz CT molecular complexity index is 3100. The highest BCUT2D eigenvalue weighted by Gasteiger charge is 2.47. The molecule has 0 atom stereocenters. The van der Waals surface area contributed by atoms with Crippen molar-refractivity contribution in [2.75, 3.05) is 54.6 Å². The van der Waals surface area contributed by atoms with Gasteiger partial charge in [0.1, 0.15) is 72.4 Å².